The maximum absolute atomic E-state index is 13.6. The molecule has 7 heteroatoms. The molecule has 1 rings (SSSR count). The van der Waals surface area contributed by atoms with E-state index in [2.05, 4.69) is 5.32 Å². The van der Waals surface area contributed by atoms with Gasteiger partial charge in [-0.05, 0) is 31.5 Å². The molecule has 0 spiro atoms. The highest BCUT2D eigenvalue weighted by Gasteiger charge is 2.15. The Kier molecular flexibility index (Phi) is 5.20. The lowest BCUT2D eigenvalue weighted by Crippen LogP contribution is -2.25. The van der Waals surface area contributed by atoms with Gasteiger partial charge >= 0.3 is 0 Å². The van der Waals surface area contributed by atoms with Crippen LogP contribution in [0.15, 0.2) is 35.2 Å². The number of carbonyl (C=O) groups excluding carboxylic acids is 1. The molecule has 0 atom stereocenters. The molecule has 0 aliphatic rings. The van der Waals surface area contributed by atoms with Gasteiger partial charge in [0.1, 0.15) is 5.82 Å². The maximum Gasteiger partial charge on any atom is 0.254 e. The minimum atomic E-state index is -3.97. The Morgan fingerprint density at radius 1 is 1.47 bits per heavy atom. The van der Waals surface area contributed by atoms with Gasteiger partial charge in [0, 0.05) is 6.54 Å². The normalized spacial score (nSPS) is 11.7. The monoisotopic (exact) mass is 286 g/mol. The highest BCUT2D eigenvalue weighted by molar-refractivity contribution is 7.89. The van der Waals surface area contributed by atoms with Crippen LogP contribution in [0, 0.1) is 5.82 Å². The number of primary sulfonamides is 1. The van der Waals surface area contributed by atoms with Crippen molar-refractivity contribution in [1.82, 2.24) is 5.32 Å². The smallest absolute Gasteiger partial charge is 0.254 e. The molecule has 0 aliphatic heterocycles. The summed E-state index contributed by atoms with van der Waals surface area (Å²) in [5.74, 6) is -1.52. The van der Waals surface area contributed by atoms with E-state index in [0.717, 1.165) is 18.2 Å². The molecule has 0 fully saturated rings. The Balaban J connectivity index is 2.82. The van der Waals surface area contributed by atoms with Crippen LogP contribution in [0.25, 0.3) is 0 Å². The first-order valence-electron chi connectivity index (χ1n) is 5.58. The van der Waals surface area contributed by atoms with Gasteiger partial charge in [0.15, 0.2) is 0 Å². The molecule has 0 saturated heterocycles. The van der Waals surface area contributed by atoms with Gasteiger partial charge in [0.05, 0.1) is 10.5 Å². The van der Waals surface area contributed by atoms with E-state index in [9.17, 15) is 17.6 Å². The largest absolute Gasteiger partial charge is 0.352 e. The zero-order chi connectivity index (χ0) is 14.5. The summed E-state index contributed by atoms with van der Waals surface area (Å²) in [7, 11) is -3.97. The van der Waals surface area contributed by atoms with Gasteiger partial charge in [-0.3, -0.25) is 4.79 Å². The summed E-state index contributed by atoms with van der Waals surface area (Å²) >= 11 is 0. The Morgan fingerprint density at radius 3 is 2.68 bits per heavy atom. The molecule has 0 aromatic heterocycles. The summed E-state index contributed by atoms with van der Waals surface area (Å²) < 4.78 is 35.6. The first-order chi connectivity index (χ1) is 8.86. The quantitative estimate of drug-likeness (QED) is 0.629. The standard InChI is InChI=1S/C12H15FN2O3S/c1-2-3-4-7-15-12(16)10-6-5-9(8-11(10)13)19(14,17)18/h2-3,5-6,8H,4,7H2,1H3,(H,15,16)(H2,14,17,18)/b3-2+. The number of carbonyl (C=O) groups is 1. The second-order valence-corrected chi connectivity index (χ2v) is 5.36. The van der Waals surface area contributed by atoms with Gasteiger partial charge in [-0.25, -0.2) is 17.9 Å². The molecule has 0 saturated carbocycles. The average molecular weight is 286 g/mol. The van der Waals surface area contributed by atoms with Crippen molar-refractivity contribution in [2.75, 3.05) is 6.54 Å². The van der Waals surface area contributed by atoms with Crippen molar-refractivity contribution in [2.24, 2.45) is 5.14 Å². The Morgan fingerprint density at radius 2 is 2.16 bits per heavy atom. The van der Waals surface area contributed by atoms with Crippen LogP contribution in [0.1, 0.15) is 23.7 Å². The molecule has 19 heavy (non-hydrogen) atoms. The number of hydrogen-bond acceptors (Lipinski definition) is 3. The molecular formula is C12H15FN2O3S. The van der Waals surface area contributed by atoms with Crippen molar-refractivity contribution in [1.29, 1.82) is 0 Å². The number of hydrogen-bond donors (Lipinski definition) is 2. The fraction of sp³-hybridized carbons (Fsp3) is 0.250. The third-order valence-electron chi connectivity index (χ3n) is 2.35. The van der Waals surface area contributed by atoms with E-state index in [0.29, 0.717) is 13.0 Å². The number of nitrogens with one attached hydrogen (secondary N) is 1. The molecule has 5 nitrogen and oxygen atoms in total. The van der Waals surface area contributed by atoms with Crippen LogP contribution in [-0.4, -0.2) is 20.9 Å². The van der Waals surface area contributed by atoms with Crippen molar-refractivity contribution in [3.05, 3.63) is 41.7 Å². The van der Waals surface area contributed by atoms with Crippen molar-refractivity contribution in [3.8, 4) is 0 Å². The van der Waals surface area contributed by atoms with Crippen LogP contribution in [0.4, 0.5) is 4.39 Å². The topological polar surface area (TPSA) is 89.3 Å². The SMILES string of the molecule is C/C=C/CCNC(=O)c1ccc(S(N)(=O)=O)cc1F. The summed E-state index contributed by atoms with van der Waals surface area (Å²) in [6, 6.07) is 2.93. The molecule has 0 bridgehead atoms. The summed E-state index contributed by atoms with van der Waals surface area (Å²) in [5.41, 5.74) is -0.215. The van der Waals surface area contributed by atoms with E-state index in [1.54, 1.807) is 0 Å². The number of allylic oxidation sites excluding steroid dienone is 1. The minimum Gasteiger partial charge on any atom is -0.352 e. The minimum absolute atomic E-state index is 0.215. The van der Waals surface area contributed by atoms with E-state index >= 15 is 0 Å². The van der Waals surface area contributed by atoms with Crippen LogP contribution in [0.2, 0.25) is 0 Å². The van der Waals surface area contributed by atoms with Crippen molar-refractivity contribution < 1.29 is 17.6 Å². The Hall–Kier alpha value is -1.73. The predicted octanol–water partition coefficient (Wildman–Crippen LogP) is 1.17. The fourth-order valence-corrected chi connectivity index (χ4v) is 1.91. The molecule has 0 unspecified atom stereocenters. The number of nitrogens with two attached hydrogens (primary N) is 1. The summed E-state index contributed by atoms with van der Waals surface area (Å²) in [6.07, 6.45) is 4.34. The van der Waals surface area contributed by atoms with Gasteiger partial charge in [-0.15, -0.1) is 0 Å². The number of rotatable bonds is 5. The van der Waals surface area contributed by atoms with Crippen molar-refractivity contribution >= 4 is 15.9 Å². The summed E-state index contributed by atoms with van der Waals surface area (Å²) in [4.78, 5) is 11.3. The zero-order valence-electron chi connectivity index (χ0n) is 10.4. The highest BCUT2D eigenvalue weighted by atomic mass is 32.2. The second-order valence-electron chi connectivity index (χ2n) is 3.80. The van der Waals surface area contributed by atoms with Gasteiger partial charge in [0.25, 0.3) is 5.91 Å². The molecule has 0 heterocycles. The summed E-state index contributed by atoms with van der Waals surface area (Å²) in [5, 5.41) is 7.38. The number of sulfonamides is 1. The predicted molar refractivity (Wildman–Crippen MR) is 69.5 cm³/mol. The third-order valence-corrected chi connectivity index (χ3v) is 3.26. The molecule has 1 aromatic carbocycles. The number of benzene rings is 1. The van der Waals surface area contributed by atoms with E-state index in [4.69, 9.17) is 5.14 Å². The van der Waals surface area contributed by atoms with E-state index < -0.39 is 21.7 Å². The average Bonchev–Trinajstić information content (AvgIpc) is 2.33. The second kappa shape index (κ2) is 6.44. The Labute approximate surface area is 111 Å². The van der Waals surface area contributed by atoms with Gasteiger partial charge in [-0.2, -0.15) is 0 Å². The molecule has 0 aliphatic carbocycles. The lowest BCUT2D eigenvalue weighted by atomic mass is 10.2. The summed E-state index contributed by atoms with van der Waals surface area (Å²) in [6.45, 7) is 2.23. The third kappa shape index (κ3) is 4.46. The van der Waals surface area contributed by atoms with E-state index in [1.807, 2.05) is 19.1 Å². The van der Waals surface area contributed by atoms with Gasteiger partial charge in [-0.1, -0.05) is 12.2 Å². The molecule has 0 radical (unpaired) electrons. The molecular weight excluding hydrogens is 271 g/mol. The lowest BCUT2D eigenvalue weighted by Gasteiger charge is -2.06. The Bertz CT molecular complexity index is 597. The molecule has 3 N–H and O–H groups in total. The van der Waals surface area contributed by atoms with Crippen LogP contribution in [0.3, 0.4) is 0 Å². The fourth-order valence-electron chi connectivity index (χ4n) is 1.39. The zero-order valence-corrected chi connectivity index (χ0v) is 11.2. The number of halogens is 1. The van der Waals surface area contributed by atoms with Crippen LogP contribution in [0.5, 0.6) is 0 Å². The van der Waals surface area contributed by atoms with Crippen molar-refractivity contribution in [2.45, 2.75) is 18.2 Å². The van der Waals surface area contributed by atoms with Gasteiger partial charge in [0.2, 0.25) is 10.0 Å². The highest BCUT2D eigenvalue weighted by Crippen LogP contribution is 2.13. The van der Waals surface area contributed by atoms with Crippen molar-refractivity contribution in [3.63, 3.8) is 0 Å². The molecule has 1 amide bonds. The maximum atomic E-state index is 13.6. The van der Waals surface area contributed by atoms with Gasteiger partial charge < -0.3 is 5.32 Å². The van der Waals surface area contributed by atoms with Crippen LogP contribution < -0.4 is 10.5 Å². The first-order valence-corrected chi connectivity index (χ1v) is 7.12. The number of amides is 1. The lowest BCUT2D eigenvalue weighted by molar-refractivity contribution is 0.0950. The van der Waals surface area contributed by atoms with E-state index in [1.165, 1.54) is 0 Å². The molecule has 104 valence electrons. The van der Waals surface area contributed by atoms with E-state index in [-0.39, 0.29) is 10.5 Å². The first kappa shape index (κ1) is 15.3. The van der Waals surface area contributed by atoms with Crippen LogP contribution >= 0.6 is 0 Å². The van der Waals surface area contributed by atoms with Crippen LogP contribution in [-0.2, 0) is 10.0 Å². The molecule has 1 aromatic rings.